The van der Waals surface area contributed by atoms with Crippen LogP contribution in [0.3, 0.4) is 0 Å². The van der Waals surface area contributed by atoms with Gasteiger partial charge in [-0.05, 0) is 23.8 Å². The summed E-state index contributed by atoms with van der Waals surface area (Å²) in [5, 5.41) is 15.5. The third-order valence-electron chi connectivity index (χ3n) is 4.50. The molecule has 4 rings (SSSR count). The van der Waals surface area contributed by atoms with Gasteiger partial charge in [-0.3, -0.25) is 9.48 Å². The Bertz CT molecular complexity index is 1210. The minimum Gasteiger partial charge on any atom is -0.383 e. The quantitative estimate of drug-likeness (QED) is 0.402. The molecule has 10 nitrogen and oxygen atoms in total. The first-order valence-electron chi connectivity index (χ1n) is 9.64. The molecule has 2 N–H and O–H groups in total. The predicted octanol–water partition coefficient (Wildman–Crippen LogP) is 2.59. The summed E-state index contributed by atoms with van der Waals surface area (Å²) in [6.45, 7) is 5.21. The van der Waals surface area contributed by atoms with Gasteiger partial charge in [0.25, 0.3) is 0 Å². The zero-order valence-electron chi connectivity index (χ0n) is 17.0. The number of rotatable bonds is 9. The van der Waals surface area contributed by atoms with Gasteiger partial charge in [-0.25, -0.2) is 9.67 Å². The highest BCUT2D eigenvalue weighted by Crippen LogP contribution is 2.18. The third-order valence-corrected chi connectivity index (χ3v) is 4.50. The van der Waals surface area contributed by atoms with Crippen molar-refractivity contribution in [3.8, 4) is 0 Å². The molecule has 4 aromatic rings. The van der Waals surface area contributed by atoms with Crippen LogP contribution in [0.1, 0.15) is 5.56 Å². The van der Waals surface area contributed by atoms with E-state index in [1.165, 1.54) is 6.08 Å². The molecule has 0 aliphatic heterocycles. The molecule has 158 valence electrons. The van der Waals surface area contributed by atoms with Crippen molar-refractivity contribution in [3.05, 3.63) is 67.3 Å². The molecule has 0 radical (unpaired) electrons. The second-order valence-corrected chi connectivity index (χ2v) is 6.78. The first-order valence-corrected chi connectivity index (χ1v) is 9.64. The van der Waals surface area contributed by atoms with E-state index in [0.717, 1.165) is 16.6 Å². The third kappa shape index (κ3) is 4.93. The van der Waals surface area contributed by atoms with E-state index in [9.17, 15) is 4.79 Å². The number of nitrogens with zero attached hydrogens (tertiary/aromatic N) is 6. The van der Waals surface area contributed by atoms with Crippen molar-refractivity contribution in [2.75, 3.05) is 24.4 Å². The minimum absolute atomic E-state index is 0.254. The zero-order valence-corrected chi connectivity index (χ0v) is 17.0. The van der Waals surface area contributed by atoms with Crippen LogP contribution in [0.2, 0.25) is 0 Å². The Morgan fingerprint density at radius 1 is 1.23 bits per heavy atom. The summed E-state index contributed by atoms with van der Waals surface area (Å²) in [5.41, 5.74) is 3.15. The van der Waals surface area contributed by atoms with Crippen LogP contribution in [0.25, 0.3) is 11.0 Å². The number of carbonyl (C=O) groups excluding carboxylic acids is 1. The number of nitrogens with one attached hydrogen (secondary N) is 2. The largest absolute Gasteiger partial charge is 0.383 e. The maximum Gasteiger partial charge on any atom is 0.247 e. The molecular formula is C21H22N8O2. The summed E-state index contributed by atoms with van der Waals surface area (Å²) in [5.74, 6) is 0.197. The molecule has 0 fully saturated rings. The van der Waals surface area contributed by atoms with Gasteiger partial charge in [0.1, 0.15) is 0 Å². The maximum atomic E-state index is 11.5. The molecule has 3 heterocycles. The molecule has 0 bridgehead atoms. The Morgan fingerprint density at radius 2 is 2.13 bits per heavy atom. The van der Waals surface area contributed by atoms with Crippen molar-refractivity contribution in [2.24, 2.45) is 0 Å². The topological polar surface area (TPSA) is 112 Å². The first kappa shape index (κ1) is 20.2. The summed E-state index contributed by atoms with van der Waals surface area (Å²) in [7, 11) is 1.66. The number of methoxy groups -OCH3 is 1. The Kier molecular flexibility index (Phi) is 5.99. The monoisotopic (exact) mass is 418 g/mol. The molecule has 31 heavy (non-hydrogen) atoms. The second kappa shape index (κ2) is 9.18. The summed E-state index contributed by atoms with van der Waals surface area (Å²) < 4.78 is 8.64. The summed E-state index contributed by atoms with van der Waals surface area (Å²) >= 11 is 0. The highest BCUT2D eigenvalue weighted by Gasteiger charge is 2.09. The Labute approximate surface area is 178 Å². The van der Waals surface area contributed by atoms with E-state index in [2.05, 4.69) is 37.4 Å². The lowest BCUT2D eigenvalue weighted by atomic mass is 10.2. The summed E-state index contributed by atoms with van der Waals surface area (Å²) in [6.07, 6.45) is 8.27. The van der Waals surface area contributed by atoms with Gasteiger partial charge in [0.2, 0.25) is 11.9 Å². The molecule has 0 saturated heterocycles. The molecular weight excluding hydrogens is 396 g/mol. The fourth-order valence-corrected chi connectivity index (χ4v) is 3.02. The van der Waals surface area contributed by atoms with Crippen LogP contribution < -0.4 is 10.6 Å². The number of amides is 1. The van der Waals surface area contributed by atoms with Gasteiger partial charge in [-0.2, -0.15) is 15.2 Å². The van der Waals surface area contributed by atoms with Crippen LogP contribution in [0.5, 0.6) is 0 Å². The molecule has 0 atom stereocenters. The number of aromatic nitrogens is 6. The Hall–Kier alpha value is -4.05. The highest BCUT2D eigenvalue weighted by atomic mass is 16.5. The molecule has 1 amide bonds. The van der Waals surface area contributed by atoms with Crippen molar-refractivity contribution >= 4 is 34.3 Å². The highest BCUT2D eigenvalue weighted by molar-refractivity contribution is 5.98. The van der Waals surface area contributed by atoms with Gasteiger partial charge in [0, 0.05) is 25.2 Å². The fourth-order valence-electron chi connectivity index (χ4n) is 3.02. The molecule has 3 aromatic heterocycles. The molecule has 0 aliphatic rings. The fraction of sp³-hybridized carbons (Fsp3) is 0.190. The number of hydrogen-bond donors (Lipinski definition) is 2. The van der Waals surface area contributed by atoms with Gasteiger partial charge < -0.3 is 15.4 Å². The average molecular weight is 418 g/mol. The SMILES string of the molecule is C=CC(=O)Nc1cccc(Cn2ncc3cnc(Nc4cnn(CCOC)c4)nc32)c1. The molecule has 0 unspecified atom stereocenters. The van der Waals surface area contributed by atoms with Gasteiger partial charge in [-0.15, -0.1) is 0 Å². The van der Waals surface area contributed by atoms with Gasteiger partial charge in [-0.1, -0.05) is 18.7 Å². The Balaban J connectivity index is 1.52. The molecule has 0 saturated carbocycles. The van der Waals surface area contributed by atoms with Crippen LogP contribution >= 0.6 is 0 Å². The van der Waals surface area contributed by atoms with Crippen LogP contribution in [0, 0.1) is 0 Å². The van der Waals surface area contributed by atoms with Gasteiger partial charge in [0.05, 0.1) is 43.2 Å². The van der Waals surface area contributed by atoms with Crippen molar-refractivity contribution < 1.29 is 9.53 Å². The van der Waals surface area contributed by atoms with Crippen molar-refractivity contribution in [1.29, 1.82) is 0 Å². The number of ether oxygens (including phenoxy) is 1. The lowest BCUT2D eigenvalue weighted by Gasteiger charge is -2.07. The second-order valence-electron chi connectivity index (χ2n) is 6.78. The zero-order chi connectivity index (χ0) is 21.6. The molecule has 0 spiro atoms. The van der Waals surface area contributed by atoms with E-state index < -0.39 is 0 Å². The van der Waals surface area contributed by atoms with E-state index in [-0.39, 0.29) is 5.91 Å². The van der Waals surface area contributed by atoms with Crippen LogP contribution in [-0.2, 0) is 22.6 Å². The normalized spacial score (nSPS) is 10.9. The summed E-state index contributed by atoms with van der Waals surface area (Å²) in [6, 6.07) is 7.56. The lowest BCUT2D eigenvalue weighted by molar-refractivity contribution is -0.111. The van der Waals surface area contributed by atoms with Gasteiger partial charge in [0.15, 0.2) is 5.65 Å². The van der Waals surface area contributed by atoms with Crippen LogP contribution in [-0.4, -0.2) is 49.2 Å². The minimum atomic E-state index is -0.254. The number of carbonyl (C=O) groups is 1. The van der Waals surface area contributed by atoms with E-state index in [1.807, 2.05) is 30.5 Å². The average Bonchev–Trinajstić information content (AvgIpc) is 3.39. The van der Waals surface area contributed by atoms with E-state index >= 15 is 0 Å². The van der Waals surface area contributed by atoms with Crippen molar-refractivity contribution in [2.45, 2.75) is 13.1 Å². The molecule has 0 aliphatic carbocycles. The number of anilines is 3. The van der Waals surface area contributed by atoms with Gasteiger partial charge >= 0.3 is 0 Å². The molecule has 10 heteroatoms. The number of hydrogen-bond acceptors (Lipinski definition) is 7. The van der Waals surface area contributed by atoms with Crippen LogP contribution in [0.4, 0.5) is 17.3 Å². The first-order chi connectivity index (χ1) is 15.1. The van der Waals surface area contributed by atoms with E-state index in [4.69, 9.17) is 4.74 Å². The van der Waals surface area contributed by atoms with E-state index in [0.29, 0.717) is 37.0 Å². The lowest BCUT2D eigenvalue weighted by Crippen LogP contribution is -2.08. The summed E-state index contributed by atoms with van der Waals surface area (Å²) in [4.78, 5) is 20.5. The number of benzene rings is 1. The van der Waals surface area contributed by atoms with Crippen molar-refractivity contribution in [1.82, 2.24) is 29.5 Å². The Morgan fingerprint density at radius 3 is 2.97 bits per heavy atom. The maximum absolute atomic E-state index is 11.5. The standard InChI is InChI=1S/C21H22N8O2/c1-3-19(30)25-17-6-4-5-15(9-17)13-29-20-16(11-24-29)10-22-21(27-20)26-18-12-23-28(14-18)7-8-31-2/h3-6,9-12,14H,1,7-8,13H2,2H3,(H,25,30)(H,22,26,27). The smallest absolute Gasteiger partial charge is 0.247 e. The predicted molar refractivity (Wildman–Crippen MR) is 117 cm³/mol. The van der Waals surface area contributed by atoms with Crippen LogP contribution in [0.15, 0.2) is 61.7 Å². The number of fused-ring (bicyclic) bond motifs is 1. The van der Waals surface area contributed by atoms with Crippen molar-refractivity contribution in [3.63, 3.8) is 0 Å². The molecule has 1 aromatic carbocycles. The van der Waals surface area contributed by atoms with E-state index in [1.54, 1.807) is 35.1 Å².